The number of hydrogen-bond donors (Lipinski definition) is 1. The van der Waals surface area contributed by atoms with Crippen LogP contribution in [-0.2, 0) is 7.05 Å². The molecule has 210 valence electrons. The largest absolute Gasteiger partial charge is 0.405 e. The fourth-order valence-electron chi connectivity index (χ4n) is 4.97. The van der Waals surface area contributed by atoms with Crippen LogP contribution in [0, 0.1) is 18.2 Å². The molecule has 0 radical (unpaired) electrons. The number of aliphatic imine (C=N–C) groups is 1. The molecule has 2 N–H and O–H groups in total. The van der Waals surface area contributed by atoms with E-state index in [-0.39, 0.29) is 25.1 Å². The molecule has 0 bridgehead atoms. The number of carbonyl (C=O) groups excluding carboxylic acids is 1. The molecule has 0 saturated carbocycles. The summed E-state index contributed by atoms with van der Waals surface area (Å²) in [6.45, 7) is 3.03. The van der Waals surface area contributed by atoms with Gasteiger partial charge >= 0.3 is 0 Å². The minimum absolute atomic E-state index is 0. The van der Waals surface area contributed by atoms with Crippen LogP contribution in [-0.4, -0.2) is 55.8 Å². The van der Waals surface area contributed by atoms with E-state index in [9.17, 15) is 9.18 Å². The summed E-state index contributed by atoms with van der Waals surface area (Å²) in [7, 11) is 3.73. The van der Waals surface area contributed by atoms with Crippen molar-refractivity contribution in [3.8, 4) is 5.75 Å². The highest BCUT2D eigenvalue weighted by Gasteiger charge is 2.50. The standard InChI is InChI=1S/C28H30FN7O2S.H2S/c1-19-8-10-31-26(12-19)27(37)28-14-20(15-30)25(33-23-6-4-22(29)5-7-23)13-21(28)9-11-36(18-28)35(3)39-38-24-16-32-34(2)17-24;/h4-8,10,12-13,15-17H,9,11,14,18,30H2,1-3H3;1H2. The molecule has 1 fully saturated rings. The maximum Gasteiger partial charge on any atom is 0.193 e. The van der Waals surface area contributed by atoms with Crippen LogP contribution in [0.25, 0.3) is 0 Å². The van der Waals surface area contributed by atoms with Crippen LogP contribution in [0.15, 0.2) is 83.4 Å². The predicted molar refractivity (Wildman–Crippen MR) is 160 cm³/mol. The molecular weight excluding hydrogens is 549 g/mol. The number of piperidine rings is 1. The van der Waals surface area contributed by atoms with Crippen molar-refractivity contribution in [2.45, 2.75) is 19.8 Å². The number of fused-ring (bicyclic) bond motifs is 1. The predicted octanol–water partition coefficient (Wildman–Crippen LogP) is 4.68. The van der Waals surface area contributed by atoms with E-state index in [0.717, 1.165) is 16.7 Å². The summed E-state index contributed by atoms with van der Waals surface area (Å²) < 4.78 is 22.9. The van der Waals surface area contributed by atoms with Gasteiger partial charge in [0.2, 0.25) is 0 Å². The quantitative estimate of drug-likeness (QED) is 0.244. The monoisotopic (exact) mass is 581 g/mol. The van der Waals surface area contributed by atoms with E-state index >= 15 is 0 Å². The number of aryl methyl sites for hydroxylation is 2. The molecule has 1 aliphatic heterocycles. The fourth-order valence-corrected chi connectivity index (χ4v) is 5.48. The molecule has 0 amide bonds. The Bertz CT molecular complexity index is 1470. The molecule has 40 heavy (non-hydrogen) atoms. The number of ketones is 1. The number of hydrazine groups is 1. The van der Waals surface area contributed by atoms with Gasteiger partial charge in [-0.05, 0) is 79.6 Å². The van der Waals surface area contributed by atoms with Crippen LogP contribution in [0.4, 0.5) is 10.1 Å². The third-order valence-electron chi connectivity index (χ3n) is 7.02. The van der Waals surface area contributed by atoms with Crippen LogP contribution in [0.1, 0.15) is 28.9 Å². The van der Waals surface area contributed by atoms with Crippen molar-refractivity contribution in [3.05, 3.63) is 95.5 Å². The van der Waals surface area contributed by atoms with Crippen molar-refractivity contribution >= 4 is 42.9 Å². The lowest BCUT2D eigenvalue weighted by atomic mass is 9.64. The lowest BCUT2D eigenvalue weighted by Gasteiger charge is -2.47. The van der Waals surface area contributed by atoms with E-state index in [0.29, 0.717) is 48.8 Å². The van der Waals surface area contributed by atoms with Crippen molar-refractivity contribution < 1.29 is 13.4 Å². The van der Waals surface area contributed by atoms with Crippen LogP contribution < -0.4 is 9.92 Å². The normalized spacial score (nSPS) is 21.2. The summed E-state index contributed by atoms with van der Waals surface area (Å²) in [6, 6.07) is 9.69. The number of nitrogens with zero attached hydrogens (tertiary/aromatic N) is 6. The van der Waals surface area contributed by atoms with Crippen molar-refractivity contribution in [2.24, 2.45) is 23.2 Å². The number of nitrogens with two attached hydrogens (primary N) is 1. The van der Waals surface area contributed by atoms with E-state index < -0.39 is 5.41 Å². The average molecular weight is 582 g/mol. The highest BCUT2D eigenvalue weighted by molar-refractivity contribution is 7.92. The van der Waals surface area contributed by atoms with Gasteiger partial charge in [-0.15, -0.1) is 0 Å². The van der Waals surface area contributed by atoms with Gasteiger partial charge in [0.25, 0.3) is 0 Å². The van der Waals surface area contributed by atoms with E-state index in [1.54, 1.807) is 35.4 Å². The summed E-state index contributed by atoms with van der Waals surface area (Å²) in [6.07, 6.45) is 9.57. The van der Waals surface area contributed by atoms with Gasteiger partial charge in [0.15, 0.2) is 23.8 Å². The zero-order valence-corrected chi connectivity index (χ0v) is 24.4. The molecule has 5 rings (SSSR count). The first-order valence-electron chi connectivity index (χ1n) is 12.5. The van der Waals surface area contributed by atoms with Gasteiger partial charge in [0.05, 0.1) is 29.2 Å². The second kappa shape index (κ2) is 12.4. The zero-order valence-electron chi connectivity index (χ0n) is 22.5. The van der Waals surface area contributed by atoms with E-state index in [1.165, 1.54) is 30.6 Å². The Balaban J connectivity index is 0.00000370. The minimum atomic E-state index is -0.894. The SMILES string of the molecule is Cc1ccnc(C(=O)C23CC(=CN)C(=Nc4ccc(F)cc4)C=C2CCN(N(C)SOc2cnn(C)c2)C3)c1.S. The number of pyridine rings is 1. The summed E-state index contributed by atoms with van der Waals surface area (Å²) in [5, 5.41) is 6.23. The number of aromatic nitrogens is 3. The van der Waals surface area contributed by atoms with Gasteiger partial charge in [0.1, 0.15) is 11.5 Å². The Morgan fingerprint density at radius 2 is 2.08 bits per heavy atom. The van der Waals surface area contributed by atoms with Crippen molar-refractivity contribution in [3.63, 3.8) is 0 Å². The lowest BCUT2D eigenvalue weighted by Crippen LogP contribution is -2.54. The van der Waals surface area contributed by atoms with Crippen molar-refractivity contribution in [2.75, 3.05) is 20.1 Å². The first-order chi connectivity index (χ1) is 18.8. The number of rotatable bonds is 7. The molecule has 1 atom stereocenters. The highest BCUT2D eigenvalue weighted by atomic mass is 32.2. The number of carbonyl (C=O) groups is 1. The average Bonchev–Trinajstić information content (AvgIpc) is 3.36. The zero-order chi connectivity index (χ0) is 27.6. The van der Waals surface area contributed by atoms with Gasteiger partial charge in [-0.3, -0.25) is 14.5 Å². The third kappa shape index (κ3) is 6.15. The number of allylic oxidation sites excluding steroid dienone is 2. The number of Topliss-reactive ketones (excluding diaryl/α,β-unsaturated/α-hetero) is 1. The topological polar surface area (TPSA) is 102 Å². The van der Waals surface area contributed by atoms with Gasteiger partial charge in [0, 0.05) is 33.4 Å². The molecule has 1 aliphatic carbocycles. The first-order valence-corrected chi connectivity index (χ1v) is 13.2. The number of halogens is 1. The second-order valence-corrected chi connectivity index (χ2v) is 10.6. The summed E-state index contributed by atoms with van der Waals surface area (Å²) in [4.78, 5) is 23.4. The van der Waals surface area contributed by atoms with Crippen LogP contribution in [0.5, 0.6) is 5.75 Å². The molecule has 2 aliphatic rings. The van der Waals surface area contributed by atoms with Gasteiger partial charge in [-0.25, -0.2) is 14.4 Å². The molecular formula is C28H32FN7O2S2. The lowest BCUT2D eigenvalue weighted by molar-refractivity contribution is 0.0226. The highest BCUT2D eigenvalue weighted by Crippen LogP contribution is 2.47. The van der Waals surface area contributed by atoms with Gasteiger partial charge in [-0.2, -0.15) is 23.0 Å². The summed E-state index contributed by atoms with van der Waals surface area (Å²) in [5.41, 5.74) is 9.60. The molecule has 0 spiro atoms. The molecule has 1 unspecified atom stereocenters. The van der Waals surface area contributed by atoms with Crippen LogP contribution >= 0.6 is 25.7 Å². The smallest absolute Gasteiger partial charge is 0.193 e. The van der Waals surface area contributed by atoms with Gasteiger partial charge in [-0.1, -0.05) is 5.57 Å². The molecule has 3 aromatic rings. The maximum absolute atomic E-state index is 14.3. The van der Waals surface area contributed by atoms with Crippen molar-refractivity contribution in [1.82, 2.24) is 24.2 Å². The Morgan fingerprint density at radius 3 is 2.75 bits per heavy atom. The summed E-state index contributed by atoms with van der Waals surface area (Å²) in [5.74, 6) is 0.246. The fraction of sp³-hybridized carbons (Fsp3) is 0.286. The van der Waals surface area contributed by atoms with Crippen molar-refractivity contribution in [1.29, 1.82) is 0 Å². The Kier molecular flexibility index (Phi) is 9.14. The molecule has 9 nitrogen and oxygen atoms in total. The molecule has 2 aromatic heterocycles. The van der Waals surface area contributed by atoms with E-state index in [2.05, 4.69) is 15.1 Å². The first kappa shape index (κ1) is 29.5. The summed E-state index contributed by atoms with van der Waals surface area (Å²) >= 11 is 1.17. The molecule has 1 aromatic carbocycles. The van der Waals surface area contributed by atoms with E-state index in [4.69, 9.17) is 14.9 Å². The molecule has 12 heteroatoms. The molecule has 3 heterocycles. The minimum Gasteiger partial charge on any atom is -0.405 e. The third-order valence-corrected chi connectivity index (χ3v) is 7.73. The molecule has 1 saturated heterocycles. The Morgan fingerprint density at radius 1 is 1.30 bits per heavy atom. The van der Waals surface area contributed by atoms with Crippen LogP contribution in [0.2, 0.25) is 0 Å². The number of benzene rings is 1. The second-order valence-electron chi connectivity index (χ2n) is 9.75. The van der Waals surface area contributed by atoms with Gasteiger partial charge < -0.3 is 9.92 Å². The van der Waals surface area contributed by atoms with E-state index in [1.807, 2.05) is 43.6 Å². The Labute approximate surface area is 244 Å². The Hall–Kier alpha value is -3.45. The van der Waals surface area contributed by atoms with Crippen LogP contribution in [0.3, 0.4) is 0 Å². The number of hydrogen-bond acceptors (Lipinski definition) is 9. The maximum atomic E-state index is 14.3.